The van der Waals surface area contributed by atoms with Gasteiger partial charge in [-0.15, -0.1) is 0 Å². The molecule has 0 aromatic carbocycles. The monoisotopic (exact) mass is 241 g/mol. The van der Waals surface area contributed by atoms with Crippen molar-refractivity contribution in [3.05, 3.63) is 47.3 Å². The van der Waals surface area contributed by atoms with Gasteiger partial charge in [0.15, 0.2) is 0 Å². The Hall–Kier alpha value is -2.19. The summed E-state index contributed by atoms with van der Waals surface area (Å²) in [5.41, 5.74) is 3.90. The molecule has 0 saturated carbocycles. The van der Waals surface area contributed by atoms with Gasteiger partial charge in [0.25, 0.3) is 0 Å². The molecule has 2 aromatic heterocycles. The Morgan fingerprint density at radius 1 is 1.44 bits per heavy atom. The summed E-state index contributed by atoms with van der Waals surface area (Å²) in [4.78, 5) is 8.01. The van der Waals surface area contributed by atoms with Gasteiger partial charge in [-0.05, 0) is 24.6 Å². The molecule has 2 rings (SSSR count). The lowest BCUT2D eigenvalue weighted by atomic mass is 10.2. The highest BCUT2D eigenvalue weighted by molar-refractivity contribution is 5.34. The average Bonchev–Trinajstić information content (AvgIpc) is 2.68. The van der Waals surface area contributed by atoms with Crippen LogP contribution in [0.15, 0.2) is 24.7 Å². The fraction of sp³-hybridized carbons (Fsp3) is 0.308. The quantitative estimate of drug-likeness (QED) is 0.875. The van der Waals surface area contributed by atoms with Gasteiger partial charge in [-0.2, -0.15) is 5.26 Å². The van der Waals surface area contributed by atoms with Gasteiger partial charge < -0.3 is 9.88 Å². The van der Waals surface area contributed by atoms with Gasteiger partial charge in [0.2, 0.25) is 0 Å². The van der Waals surface area contributed by atoms with Crippen molar-refractivity contribution < 1.29 is 0 Å². The molecule has 1 N–H and O–H groups in total. The molecule has 0 radical (unpaired) electrons. The third-order valence-electron chi connectivity index (χ3n) is 3.02. The van der Waals surface area contributed by atoms with Gasteiger partial charge in [0, 0.05) is 32.0 Å². The number of nitrogens with zero attached hydrogens (tertiary/aromatic N) is 4. The summed E-state index contributed by atoms with van der Waals surface area (Å²) in [7, 11) is 1.90. The Morgan fingerprint density at radius 3 is 2.89 bits per heavy atom. The van der Waals surface area contributed by atoms with Gasteiger partial charge in [-0.3, -0.25) is 0 Å². The second-order valence-corrected chi connectivity index (χ2v) is 4.12. The number of aromatic nitrogens is 3. The van der Waals surface area contributed by atoms with E-state index in [0.717, 1.165) is 23.5 Å². The summed E-state index contributed by atoms with van der Waals surface area (Å²) in [6.45, 7) is 3.44. The van der Waals surface area contributed by atoms with E-state index >= 15 is 0 Å². The van der Waals surface area contributed by atoms with Crippen LogP contribution >= 0.6 is 0 Å². The van der Waals surface area contributed by atoms with Crippen LogP contribution in [0.4, 0.5) is 0 Å². The summed E-state index contributed by atoms with van der Waals surface area (Å²) < 4.78 is 1.90. The molecular weight excluding hydrogens is 226 g/mol. The van der Waals surface area contributed by atoms with E-state index in [1.807, 2.05) is 30.7 Å². The molecule has 2 aromatic rings. The molecule has 2 heterocycles. The van der Waals surface area contributed by atoms with Gasteiger partial charge in [-0.1, -0.05) is 0 Å². The van der Waals surface area contributed by atoms with Gasteiger partial charge >= 0.3 is 0 Å². The Labute approximate surface area is 106 Å². The molecule has 18 heavy (non-hydrogen) atoms. The molecule has 0 atom stereocenters. The second-order valence-electron chi connectivity index (χ2n) is 4.12. The number of hydrogen-bond acceptors (Lipinski definition) is 4. The van der Waals surface area contributed by atoms with E-state index in [0.29, 0.717) is 12.2 Å². The lowest BCUT2D eigenvalue weighted by Gasteiger charge is -2.04. The predicted molar refractivity (Wildman–Crippen MR) is 67.4 cm³/mol. The van der Waals surface area contributed by atoms with Crippen molar-refractivity contribution >= 4 is 0 Å². The highest BCUT2D eigenvalue weighted by atomic mass is 15.0. The standard InChI is InChI=1S/C13H15N5/c1-10-11(5-13(6-14)18(10)2)7-16-8-12-3-4-15-9-17-12/h3-5,9,16H,7-8H2,1-2H3. The van der Waals surface area contributed by atoms with Crippen LogP contribution in [0, 0.1) is 18.3 Å². The zero-order chi connectivity index (χ0) is 13.0. The summed E-state index contributed by atoms with van der Waals surface area (Å²) >= 11 is 0. The highest BCUT2D eigenvalue weighted by Crippen LogP contribution is 2.13. The molecule has 0 aliphatic rings. The van der Waals surface area contributed by atoms with Crippen molar-refractivity contribution in [2.45, 2.75) is 20.0 Å². The van der Waals surface area contributed by atoms with Crippen molar-refractivity contribution in [3.63, 3.8) is 0 Å². The zero-order valence-corrected chi connectivity index (χ0v) is 10.5. The Balaban J connectivity index is 1.97. The normalized spacial score (nSPS) is 10.3. The van der Waals surface area contributed by atoms with Gasteiger partial charge in [0.1, 0.15) is 18.1 Å². The molecule has 0 aliphatic heterocycles. The minimum Gasteiger partial charge on any atom is -0.340 e. The topological polar surface area (TPSA) is 66.5 Å². The molecule has 0 saturated heterocycles. The van der Waals surface area contributed by atoms with Crippen LogP contribution in [-0.2, 0) is 20.1 Å². The fourth-order valence-electron chi connectivity index (χ4n) is 1.80. The lowest BCUT2D eigenvalue weighted by Crippen LogP contribution is -2.14. The first-order valence-corrected chi connectivity index (χ1v) is 5.73. The van der Waals surface area contributed by atoms with Crippen LogP contribution < -0.4 is 5.32 Å². The molecular formula is C13H15N5. The molecule has 0 aliphatic carbocycles. The molecule has 0 amide bonds. The number of nitriles is 1. The molecule has 0 unspecified atom stereocenters. The summed E-state index contributed by atoms with van der Waals surface area (Å²) in [5, 5.41) is 12.3. The maximum Gasteiger partial charge on any atom is 0.120 e. The number of rotatable bonds is 4. The Bertz CT molecular complexity index is 565. The van der Waals surface area contributed by atoms with Crippen LogP contribution in [0.5, 0.6) is 0 Å². The van der Waals surface area contributed by atoms with Crippen molar-refractivity contribution in [1.29, 1.82) is 5.26 Å². The van der Waals surface area contributed by atoms with Crippen molar-refractivity contribution in [2.75, 3.05) is 0 Å². The zero-order valence-electron chi connectivity index (χ0n) is 10.5. The summed E-state index contributed by atoms with van der Waals surface area (Å²) in [6.07, 6.45) is 3.27. The molecule has 0 fully saturated rings. The second kappa shape index (κ2) is 5.43. The van der Waals surface area contributed by atoms with Crippen molar-refractivity contribution in [2.24, 2.45) is 7.05 Å². The van der Waals surface area contributed by atoms with Crippen LogP contribution in [0.3, 0.4) is 0 Å². The van der Waals surface area contributed by atoms with E-state index in [2.05, 4.69) is 21.4 Å². The minimum atomic E-state index is 0.686. The molecule has 0 bridgehead atoms. The largest absolute Gasteiger partial charge is 0.340 e. The molecule has 0 spiro atoms. The van der Waals surface area contributed by atoms with Crippen molar-refractivity contribution in [1.82, 2.24) is 19.9 Å². The van der Waals surface area contributed by atoms with E-state index < -0.39 is 0 Å². The number of nitrogens with one attached hydrogen (secondary N) is 1. The highest BCUT2D eigenvalue weighted by Gasteiger charge is 2.07. The van der Waals surface area contributed by atoms with E-state index in [-0.39, 0.29) is 0 Å². The van der Waals surface area contributed by atoms with E-state index in [1.54, 1.807) is 12.5 Å². The van der Waals surface area contributed by atoms with Crippen LogP contribution in [0.1, 0.15) is 22.6 Å². The van der Waals surface area contributed by atoms with Crippen molar-refractivity contribution in [3.8, 4) is 6.07 Å². The third-order valence-corrected chi connectivity index (χ3v) is 3.02. The van der Waals surface area contributed by atoms with Gasteiger partial charge in [-0.25, -0.2) is 9.97 Å². The molecule has 5 heteroatoms. The molecule has 92 valence electrons. The van der Waals surface area contributed by atoms with Crippen LogP contribution in [-0.4, -0.2) is 14.5 Å². The summed E-state index contributed by atoms with van der Waals surface area (Å²) in [6, 6.07) is 5.98. The minimum absolute atomic E-state index is 0.686. The first-order valence-electron chi connectivity index (χ1n) is 5.73. The average molecular weight is 241 g/mol. The molecule has 5 nitrogen and oxygen atoms in total. The maximum absolute atomic E-state index is 8.95. The van der Waals surface area contributed by atoms with E-state index in [9.17, 15) is 0 Å². The third kappa shape index (κ3) is 2.55. The summed E-state index contributed by atoms with van der Waals surface area (Å²) in [5.74, 6) is 0. The SMILES string of the molecule is Cc1c(CNCc2ccncn2)cc(C#N)n1C. The Kier molecular flexibility index (Phi) is 3.70. The lowest BCUT2D eigenvalue weighted by molar-refractivity contribution is 0.672. The predicted octanol–water partition coefficient (Wildman–Crippen LogP) is 1.29. The van der Waals surface area contributed by atoms with Crippen LogP contribution in [0.25, 0.3) is 0 Å². The first-order chi connectivity index (χ1) is 8.72. The smallest absolute Gasteiger partial charge is 0.120 e. The maximum atomic E-state index is 8.95. The van der Waals surface area contributed by atoms with E-state index in [4.69, 9.17) is 5.26 Å². The Morgan fingerprint density at radius 2 is 2.28 bits per heavy atom. The van der Waals surface area contributed by atoms with Gasteiger partial charge in [0.05, 0.1) is 5.69 Å². The van der Waals surface area contributed by atoms with E-state index in [1.165, 1.54) is 0 Å². The fourth-order valence-corrected chi connectivity index (χ4v) is 1.80. The first kappa shape index (κ1) is 12.3. The van der Waals surface area contributed by atoms with Crippen LogP contribution in [0.2, 0.25) is 0 Å². The number of hydrogen-bond donors (Lipinski definition) is 1.